The summed E-state index contributed by atoms with van der Waals surface area (Å²) in [5, 5.41) is 23.5. The molecule has 1 saturated heterocycles. The number of hydrogen-bond donors (Lipinski definition) is 1. The zero-order valence-electron chi connectivity index (χ0n) is 22.5. The molecular formula is C30H32F2N2O6. The Labute approximate surface area is 231 Å². The molecule has 0 radical (unpaired) electrons. The predicted octanol–water partition coefficient (Wildman–Crippen LogP) is 5.09. The molecule has 4 rings (SSSR count). The van der Waals surface area contributed by atoms with Gasteiger partial charge in [-0.05, 0) is 49.6 Å². The average molecular weight is 555 g/mol. The van der Waals surface area contributed by atoms with Gasteiger partial charge < -0.3 is 14.6 Å². The van der Waals surface area contributed by atoms with Gasteiger partial charge in [-0.25, -0.2) is 13.6 Å². The number of halogens is 2. The molecule has 1 N–H and O–H groups in total. The molecule has 0 aromatic heterocycles. The molecule has 212 valence electrons. The maximum absolute atomic E-state index is 13.8. The lowest BCUT2D eigenvalue weighted by molar-refractivity contribution is -0.536. The van der Waals surface area contributed by atoms with E-state index >= 15 is 0 Å². The highest BCUT2D eigenvalue weighted by Crippen LogP contribution is 2.39. The third kappa shape index (κ3) is 6.46. The third-order valence-electron chi connectivity index (χ3n) is 6.83. The lowest BCUT2D eigenvalue weighted by Gasteiger charge is -2.48. The van der Waals surface area contributed by atoms with Gasteiger partial charge in [0.1, 0.15) is 28.9 Å². The van der Waals surface area contributed by atoms with Crippen LogP contribution in [0.3, 0.4) is 0 Å². The maximum atomic E-state index is 13.8. The highest BCUT2D eigenvalue weighted by molar-refractivity contribution is 5.69. The number of carbonyl (C=O) groups excluding carboxylic acids is 1. The Morgan fingerprint density at radius 2 is 1.60 bits per heavy atom. The van der Waals surface area contributed by atoms with Gasteiger partial charge in [0, 0.05) is 17.4 Å². The topological polar surface area (TPSA) is 102 Å². The zero-order valence-corrected chi connectivity index (χ0v) is 22.5. The number of morpholine rings is 1. The molecule has 3 aromatic carbocycles. The van der Waals surface area contributed by atoms with Gasteiger partial charge in [-0.15, -0.1) is 0 Å². The first-order chi connectivity index (χ1) is 18.9. The second-order valence-corrected chi connectivity index (χ2v) is 10.9. The monoisotopic (exact) mass is 554 g/mol. The summed E-state index contributed by atoms with van der Waals surface area (Å²) in [7, 11) is 0. The van der Waals surface area contributed by atoms with Crippen LogP contribution in [0.2, 0.25) is 0 Å². The maximum Gasteiger partial charge on any atom is 0.410 e. The van der Waals surface area contributed by atoms with Crippen LogP contribution in [0.5, 0.6) is 0 Å². The molecule has 3 atom stereocenters. The molecule has 1 aliphatic heterocycles. The van der Waals surface area contributed by atoms with E-state index in [-0.39, 0.29) is 18.7 Å². The van der Waals surface area contributed by atoms with Crippen molar-refractivity contribution in [2.45, 2.75) is 56.6 Å². The van der Waals surface area contributed by atoms with E-state index < -0.39 is 58.5 Å². The molecule has 0 unspecified atom stereocenters. The molecule has 40 heavy (non-hydrogen) atoms. The minimum Gasteiger partial charge on any atom is -0.444 e. The van der Waals surface area contributed by atoms with Crippen LogP contribution in [-0.2, 0) is 21.5 Å². The van der Waals surface area contributed by atoms with Gasteiger partial charge in [-0.3, -0.25) is 15.0 Å². The fourth-order valence-electron chi connectivity index (χ4n) is 5.00. The molecule has 0 aliphatic carbocycles. The van der Waals surface area contributed by atoms with E-state index in [1.807, 2.05) is 60.7 Å². The molecule has 10 heteroatoms. The molecule has 1 fully saturated rings. The van der Waals surface area contributed by atoms with E-state index in [2.05, 4.69) is 0 Å². The summed E-state index contributed by atoms with van der Waals surface area (Å²) >= 11 is 0. The highest BCUT2D eigenvalue weighted by atomic mass is 19.1. The molecule has 1 amide bonds. The Hall–Kier alpha value is -3.89. The van der Waals surface area contributed by atoms with Crippen LogP contribution in [0.1, 0.15) is 37.5 Å². The Kier molecular flexibility index (Phi) is 8.51. The first-order valence-electron chi connectivity index (χ1n) is 12.9. The van der Waals surface area contributed by atoms with E-state index in [1.165, 1.54) is 4.90 Å². The molecule has 0 spiro atoms. The van der Waals surface area contributed by atoms with E-state index in [9.17, 15) is 28.8 Å². The largest absolute Gasteiger partial charge is 0.444 e. The van der Waals surface area contributed by atoms with Gasteiger partial charge in [0.2, 0.25) is 6.04 Å². The highest BCUT2D eigenvalue weighted by Gasteiger charge is 2.51. The van der Waals surface area contributed by atoms with Gasteiger partial charge in [0.25, 0.3) is 0 Å². The lowest BCUT2D eigenvalue weighted by Crippen LogP contribution is -2.64. The fourth-order valence-corrected chi connectivity index (χ4v) is 5.00. The summed E-state index contributed by atoms with van der Waals surface area (Å²) in [4.78, 5) is 26.3. The van der Waals surface area contributed by atoms with Crippen LogP contribution < -0.4 is 0 Å². The third-order valence-corrected chi connectivity index (χ3v) is 6.83. The van der Waals surface area contributed by atoms with Crippen molar-refractivity contribution in [2.75, 3.05) is 13.2 Å². The fraction of sp³-hybridized carbons (Fsp3) is 0.367. The number of aliphatic hydroxyl groups excluding tert-OH is 1. The van der Waals surface area contributed by atoms with Gasteiger partial charge in [-0.2, -0.15) is 0 Å². The van der Waals surface area contributed by atoms with Gasteiger partial charge in [0.15, 0.2) is 0 Å². The summed E-state index contributed by atoms with van der Waals surface area (Å²) in [5.41, 5.74) is -0.575. The smallest absolute Gasteiger partial charge is 0.410 e. The number of amides is 1. The standard InChI is InChI=1S/C30H32F2N2O6/c1-29(2,3)40-28(36)33-19-30(21-10-6-4-7-11-21,22-12-8-5-9-13-22)39-18-26(33)27(35)25(34(37)38)16-20-14-23(31)17-24(32)15-20/h4-15,17,25-27,35H,16,18-19H2,1-3H3/t25-,26+,27-/m0/s1. The average Bonchev–Trinajstić information content (AvgIpc) is 2.90. The number of nitrogens with zero attached hydrogens (tertiary/aromatic N) is 2. The number of hydrogen-bond acceptors (Lipinski definition) is 6. The number of aliphatic hydroxyl groups is 1. The number of ether oxygens (including phenoxy) is 2. The molecule has 1 aliphatic rings. The van der Waals surface area contributed by atoms with Crippen molar-refractivity contribution in [1.29, 1.82) is 0 Å². The van der Waals surface area contributed by atoms with E-state index in [4.69, 9.17) is 9.47 Å². The van der Waals surface area contributed by atoms with E-state index in [1.54, 1.807) is 20.8 Å². The van der Waals surface area contributed by atoms with Crippen molar-refractivity contribution in [1.82, 2.24) is 4.90 Å². The Bertz CT molecular complexity index is 1270. The van der Waals surface area contributed by atoms with Crippen molar-refractivity contribution in [3.63, 3.8) is 0 Å². The predicted molar refractivity (Wildman–Crippen MR) is 143 cm³/mol. The van der Waals surface area contributed by atoms with Crippen molar-refractivity contribution in [2.24, 2.45) is 0 Å². The molecule has 1 heterocycles. The molecular weight excluding hydrogens is 522 g/mol. The summed E-state index contributed by atoms with van der Waals surface area (Å²) < 4.78 is 39.7. The molecule has 0 bridgehead atoms. The van der Waals surface area contributed by atoms with E-state index in [0.29, 0.717) is 6.07 Å². The van der Waals surface area contributed by atoms with Crippen LogP contribution in [-0.4, -0.2) is 58.0 Å². The van der Waals surface area contributed by atoms with Crippen LogP contribution >= 0.6 is 0 Å². The second-order valence-electron chi connectivity index (χ2n) is 10.9. The SMILES string of the molecule is CC(C)(C)OC(=O)N1CC(c2ccccc2)(c2ccccc2)OC[C@@H]1[C@@H](O)[C@H](Cc1cc(F)cc(F)c1)[N+](=O)[O-]. The van der Waals surface area contributed by atoms with Crippen molar-refractivity contribution in [3.05, 3.63) is 117 Å². The molecule has 3 aromatic rings. The van der Waals surface area contributed by atoms with Crippen LogP contribution in [0.15, 0.2) is 78.9 Å². The Morgan fingerprint density at radius 3 is 2.08 bits per heavy atom. The summed E-state index contributed by atoms with van der Waals surface area (Å²) in [6.45, 7) is 4.69. The number of rotatable bonds is 7. The first kappa shape index (κ1) is 29.1. The second kappa shape index (κ2) is 11.7. The van der Waals surface area contributed by atoms with Crippen molar-refractivity contribution >= 4 is 6.09 Å². The Morgan fingerprint density at radius 1 is 1.07 bits per heavy atom. The number of nitro groups is 1. The quantitative estimate of drug-likeness (QED) is 0.322. The zero-order chi connectivity index (χ0) is 29.1. The van der Waals surface area contributed by atoms with Gasteiger partial charge in [-0.1, -0.05) is 60.7 Å². The first-order valence-corrected chi connectivity index (χ1v) is 12.9. The number of benzene rings is 3. The van der Waals surface area contributed by atoms with Gasteiger partial charge in [0.05, 0.1) is 19.2 Å². The van der Waals surface area contributed by atoms with Crippen molar-refractivity contribution in [3.8, 4) is 0 Å². The minimum atomic E-state index is -1.75. The van der Waals surface area contributed by atoms with Gasteiger partial charge >= 0.3 is 6.09 Å². The van der Waals surface area contributed by atoms with Crippen LogP contribution in [0.4, 0.5) is 13.6 Å². The number of carbonyl (C=O) groups is 1. The van der Waals surface area contributed by atoms with Crippen molar-refractivity contribution < 1.29 is 33.1 Å². The van der Waals surface area contributed by atoms with E-state index in [0.717, 1.165) is 23.3 Å². The van der Waals surface area contributed by atoms with Crippen LogP contribution in [0, 0.1) is 21.7 Å². The summed E-state index contributed by atoms with van der Waals surface area (Å²) in [6, 6.07) is 18.2. The Balaban J connectivity index is 1.74. The summed E-state index contributed by atoms with van der Waals surface area (Å²) in [6.07, 6.45) is -3.00. The minimum absolute atomic E-state index is 0.00159. The summed E-state index contributed by atoms with van der Waals surface area (Å²) in [5.74, 6) is -1.78. The molecule has 0 saturated carbocycles. The lowest BCUT2D eigenvalue weighted by atomic mass is 9.83. The normalized spacial score (nSPS) is 18.6. The van der Waals surface area contributed by atoms with Crippen LogP contribution in [0.25, 0.3) is 0 Å². The molecule has 8 nitrogen and oxygen atoms in total.